The van der Waals surface area contributed by atoms with Crippen LogP contribution in [0.3, 0.4) is 0 Å². The lowest BCUT2D eigenvalue weighted by atomic mass is 9.78. The van der Waals surface area contributed by atoms with Crippen molar-refractivity contribution in [2.24, 2.45) is 5.41 Å². The number of carbonyl (C=O) groups is 1. The van der Waals surface area contributed by atoms with Crippen molar-refractivity contribution in [1.29, 1.82) is 5.26 Å². The number of aromatic nitrogens is 6. The standard InChI is InChI=1S/C31H27FN10O/c1-40-12-10-31(30(40)43)16-41(17-31)15-20-6-4-8-23(32)22(20)13-25-37-29-28(34)38-26(21-7-3-2-5-19(21)14-33)27(42(29)39-25)24-9-11-35-18-36-24/h2-9,11,18H,10,12-13,15-17H2,1H3,(H2,34,38). The Morgan fingerprint density at radius 3 is 2.70 bits per heavy atom. The van der Waals surface area contributed by atoms with Gasteiger partial charge in [0.15, 0.2) is 17.3 Å². The molecule has 1 spiro atoms. The van der Waals surface area contributed by atoms with Gasteiger partial charge in [-0.05, 0) is 35.7 Å². The first-order chi connectivity index (χ1) is 20.9. The van der Waals surface area contributed by atoms with Gasteiger partial charge in [0.1, 0.15) is 23.5 Å². The SMILES string of the molecule is CN1CCC2(CN(Cc3cccc(F)c3Cc3nc4c(N)nc(-c5ccccc5C#N)c(-c5ccncn5)n4n3)C2)C1=O. The number of hydrogen-bond acceptors (Lipinski definition) is 9. The van der Waals surface area contributed by atoms with Crippen LogP contribution in [0.5, 0.6) is 0 Å². The van der Waals surface area contributed by atoms with Crippen molar-refractivity contribution in [2.45, 2.75) is 19.4 Å². The van der Waals surface area contributed by atoms with Gasteiger partial charge in [-0.25, -0.2) is 28.8 Å². The third-order valence-corrected chi connectivity index (χ3v) is 8.40. The van der Waals surface area contributed by atoms with Crippen molar-refractivity contribution in [2.75, 3.05) is 32.4 Å². The highest BCUT2D eigenvalue weighted by Gasteiger charge is 2.53. The number of nitrogens with two attached hydrogens (primary N) is 1. The second-order valence-electron chi connectivity index (χ2n) is 11.2. The van der Waals surface area contributed by atoms with E-state index in [1.54, 1.807) is 45.9 Å². The number of rotatable bonds is 6. The zero-order valence-electron chi connectivity index (χ0n) is 23.4. The fourth-order valence-corrected chi connectivity index (χ4v) is 6.27. The van der Waals surface area contributed by atoms with Gasteiger partial charge in [0.05, 0.1) is 22.7 Å². The third-order valence-electron chi connectivity index (χ3n) is 8.40. The molecule has 2 N–H and O–H groups in total. The predicted octanol–water partition coefficient (Wildman–Crippen LogP) is 3.10. The highest BCUT2D eigenvalue weighted by molar-refractivity contribution is 5.86. The molecule has 2 aliphatic rings. The molecule has 2 fully saturated rings. The topological polar surface area (TPSA) is 142 Å². The molecule has 0 bridgehead atoms. The predicted molar refractivity (Wildman–Crippen MR) is 156 cm³/mol. The Bertz CT molecular complexity index is 1930. The van der Waals surface area contributed by atoms with E-state index in [0.29, 0.717) is 64.9 Å². The van der Waals surface area contributed by atoms with Crippen LogP contribution in [-0.4, -0.2) is 71.9 Å². The van der Waals surface area contributed by atoms with Gasteiger partial charge in [-0.15, -0.1) is 0 Å². The molecular weight excluding hydrogens is 547 g/mol. The van der Waals surface area contributed by atoms with Crippen molar-refractivity contribution in [1.82, 2.24) is 39.3 Å². The van der Waals surface area contributed by atoms with E-state index in [4.69, 9.17) is 10.8 Å². The smallest absolute Gasteiger partial charge is 0.231 e. The Balaban J connectivity index is 1.27. The first-order valence-corrected chi connectivity index (χ1v) is 13.9. The van der Waals surface area contributed by atoms with E-state index in [0.717, 1.165) is 18.5 Å². The Kier molecular flexibility index (Phi) is 6.32. The molecule has 0 atom stereocenters. The summed E-state index contributed by atoms with van der Waals surface area (Å²) < 4.78 is 16.9. The maximum absolute atomic E-state index is 15.3. The molecule has 2 aliphatic heterocycles. The van der Waals surface area contributed by atoms with E-state index in [-0.39, 0.29) is 29.4 Å². The van der Waals surface area contributed by atoms with Gasteiger partial charge >= 0.3 is 0 Å². The lowest BCUT2D eigenvalue weighted by Crippen LogP contribution is -2.59. The highest BCUT2D eigenvalue weighted by atomic mass is 19.1. The molecule has 0 aliphatic carbocycles. The maximum Gasteiger partial charge on any atom is 0.231 e. The highest BCUT2D eigenvalue weighted by Crippen LogP contribution is 2.41. The van der Waals surface area contributed by atoms with Crippen LogP contribution in [0.4, 0.5) is 10.2 Å². The summed E-state index contributed by atoms with van der Waals surface area (Å²) in [4.78, 5) is 34.4. The van der Waals surface area contributed by atoms with E-state index in [9.17, 15) is 10.1 Å². The van der Waals surface area contributed by atoms with E-state index in [2.05, 4.69) is 30.9 Å². The number of carbonyl (C=O) groups excluding carboxylic acids is 1. The first-order valence-electron chi connectivity index (χ1n) is 13.9. The van der Waals surface area contributed by atoms with E-state index in [1.807, 2.05) is 19.2 Å². The molecule has 0 radical (unpaired) electrons. The van der Waals surface area contributed by atoms with Crippen molar-refractivity contribution < 1.29 is 9.18 Å². The van der Waals surface area contributed by atoms with Crippen LogP contribution in [0, 0.1) is 22.6 Å². The Morgan fingerprint density at radius 1 is 1.12 bits per heavy atom. The fraction of sp³-hybridized carbons (Fsp3) is 0.258. The van der Waals surface area contributed by atoms with Gasteiger partial charge in [0.2, 0.25) is 5.91 Å². The summed E-state index contributed by atoms with van der Waals surface area (Å²) in [7, 11) is 1.84. The zero-order valence-corrected chi connectivity index (χ0v) is 23.4. The summed E-state index contributed by atoms with van der Waals surface area (Å²) in [5.41, 5.74) is 10.1. The number of nitrogens with zero attached hydrogens (tertiary/aromatic N) is 9. The molecular formula is C31H27FN10O. The molecule has 3 aromatic heterocycles. The van der Waals surface area contributed by atoms with Crippen LogP contribution in [0.1, 0.15) is 28.9 Å². The molecule has 12 heteroatoms. The molecule has 5 heterocycles. The molecule has 7 rings (SSSR count). The second kappa shape index (κ2) is 10.2. The Morgan fingerprint density at radius 2 is 1.95 bits per heavy atom. The molecule has 0 unspecified atom stereocenters. The maximum atomic E-state index is 15.3. The van der Waals surface area contributed by atoms with Gasteiger partial charge in [-0.1, -0.05) is 30.3 Å². The number of amides is 1. The van der Waals surface area contributed by atoms with Crippen LogP contribution in [-0.2, 0) is 17.8 Å². The molecule has 2 saturated heterocycles. The molecule has 2 aromatic carbocycles. The number of nitrogen functional groups attached to an aromatic ring is 1. The molecule has 1 amide bonds. The first kappa shape index (κ1) is 26.6. The van der Waals surface area contributed by atoms with E-state index in [1.165, 1.54) is 12.4 Å². The Labute approximate surface area is 246 Å². The number of fused-ring (bicyclic) bond motifs is 1. The van der Waals surface area contributed by atoms with Crippen LogP contribution < -0.4 is 5.73 Å². The normalized spacial score (nSPS) is 16.1. The largest absolute Gasteiger partial charge is 0.381 e. The number of anilines is 1. The summed E-state index contributed by atoms with van der Waals surface area (Å²) in [6, 6.07) is 16.0. The summed E-state index contributed by atoms with van der Waals surface area (Å²) >= 11 is 0. The van der Waals surface area contributed by atoms with Gasteiger partial charge in [0, 0.05) is 51.4 Å². The summed E-state index contributed by atoms with van der Waals surface area (Å²) in [6.07, 6.45) is 3.99. The lowest BCUT2D eigenvalue weighted by Gasteiger charge is -2.46. The average Bonchev–Trinajstić information content (AvgIpc) is 3.56. The number of halogens is 1. The average molecular weight is 575 g/mol. The Hall–Kier alpha value is -5.28. The molecule has 214 valence electrons. The third kappa shape index (κ3) is 4.45. The minimum absolute atomic E-state index is 0.116. The van der Waals surface area contributed by atoms with Crippen molar-refractivity contribution in [3.63, 3.8) is 0 Å². The van der Waals surface area contributed by atoms with Crippen molar-refractivity contribution in [3.05, 3.63) is 89.4 Å². The molecule has 5 aromatic rings. The van der Waals surface area contributed by atoms with Gasteiger partial charge < -0.3 is 10.6 Å². The van der Waals surface area contributed by atoms with Gasteiger partial charge in [0.25, 0.3) is 0 Å². The summed E-state index contributed by atoms with van der Waals surface area (Å²) in [6.45, 7) is 2.62. The van der Waals surface area contributed by atoms with Gasteiger partial charge in [-0.3, -0.25) is 9.69 Å². The van der Waals surface area contributed by atoms with E-state index < -0.39 is 0 Å². The summed E-state index contributed by atoms with van der Waals surface area (Å²) in [5.74, 6) is 0.312. The quantitative estimate of drug-likeness (QED) is 0.324. The minimum atomic E-state index is -0.353. The van der Waals surface area contributed by atoms with Crippen molar-refractivity contribution >= 4 is 17.4 Å². The van der Waals surface area contributed by atoms with Crippen LogP contribution in [0.15, 0.2) is 61.1 Å². The van der Waals surface area contributed by atoms with Crippen LogP contribution >= 0.6 is 0 Å². The number of hydrogen-bond donors (Lipinski definition) is 1. The van der Waals surface area contributed by atoms with E-state index >= 15 is 4.39 Å². The minimum Gasteiger partial charge on any atom is -0.381 e. The number of nitriles is 1. The van der Waals surface area contributed by atoms with Crippen molar-refractivity contribution in [3.8, 4) is 28.7 Å². The molecule has 0 saturated carbocycles. The van der Waals surface area contributed by atoms with Crippen LogP contribution in [0.25, 0.3) is 28.3 Å². The summed E-state index contributed by atoms with van der Waals surface area (Å²) in [5, 5.41) is 14.6. The lowest BCUT2D eigenvalue weighted by molar-refractivity contribution is -0.144. The second-order valence-corrected chi connectivity index (χ2v) is 11.2. The number of likely N-dealkylation sites (tertiary alicyclic amines) is 2. The monoisotopic (exact) mass is 574 g/mol. The van der Waals surface area contributed by atoms with Gasteiger partial charge in [-0.2, -0.15) is 10.4 Å². The van der Waals surface area contributed by atoms with Crippen LogP contribution in [0.2, 0.25) is 0 Å². The zero-order chi connectivity index (χ0) is 29.7. The molecule has 43 heavy (non-hydrogen) atoms. The molecule has 11 nitrogen and oxygen atoms in total. The fourth-order valence-electron chi connectivity index (χ4n) is 6.27. The number of benzene rings is 2.